The molecule has 0 aromatic heterocycles. The lowest BCUT2D eigenvalue weighted by Crippen LogP contribution is -2.36. The van der Waals surface area contributed by atoms with Gasteiger partial charge in [-0.15, -0.1) is 0 Å². The molecule has 7 nitrogen and oxygen atoms in total. The smallest absolute Gasteiger partial charge is 0.331 e. The number of carbonyl (C=O) groups is 2. The summed E-state index contributed by atoms with van der Waals surface area (Å²) in [6.45, 7) is 4.87. The van der Waals surface area contributed by atoms with Crippen molar-refractivity contribution in [2.75, 3.05) is 24.5 Å². The van der Waals surface area contributed by atoms with Crippen LogP contribution >= 0.6 is 0 Å². The summed E-state index contributed by atoms with van der Waals surface area (Å²) in [6.07, 6.45) is 2.22. The average Bonchev–Trinajstić information content (AvgIpc) is 3.27. The molecule has 3 N–H and O–H groups in total. The third kappa shape index (κ3) is 5.24. The molecule has 1 heterocycles. The van der Waals surface area contributed by atoms with Crippen LogP contribution in [0.15, 0.2) is 48.5 Å². The van der Waals surface area contributed by atoms with E-state index in [0.29, 0.717) is 17.3 Å². The number of esters is 1. The van der Waals surface area contributed by atoms with Crippen molar-refractivity contribution in [2.24, 2.45) is 5.73 Å². The van der Waals surface area contributed by atoms with E-state index in [4.69, 9.17) is 15.9 Å². The highest BCUT2D eigenvalue weighted by atomic mass is 16.5. The van der Waals surface area contributed by atoms with Crippen molar-refractivity contribution >= 4 is 23.4 Å². The fourth-order valence-electron chi connectivity index (χ4n) is 3.46. The van der Waals surface area contributed by atoms with E-state index in [1.54, 1.807) is 36.4 Å². The molecule has 1 aliphatic heterocycles. The fraction of sp³-hybridized carbons (Fsp3) is 0.348. The molecule has 1 fully saturated rings. The zero-order chi connectivity index (χ0) is 21.7. The summed E-state index contributed by atoms with van der Waals surface area (Å²) in [5, 5.41) is 8.29. The first kappa shape index (κ1) is 21.5. The number of ether oxygens (including phenoxy) is 1. The molecule has 0 spiro atoms. The number of rotatable bonds is 6. The molecule has 0 radical (unpaired) electrons. The van der Waals surface area contributed by atoms with Gasteiger partial charge in [-0.2, -0.15) is 0 Å². The number of nitrogens with two attached hydrogens (primary N) is 1. The number of nitrogens with zero attached hydrogens (tertiary/aromatic N) is 2. The Morgan fingerprint density at radius 2 is 1.83 bits per heavy atom. The second kappa shape index (κ2) is 9.54. The van der Waals surface area contributed by atoms with Crippen LogP contribution in [0.5, 0.6) is 5.75 Å². The maximum atomic E-state index is 12.5. The van der Waals surface area contributed by atoms with E-state index in [9.17, 15) is 9.59 Å². The minimum atomic E-state index is -0.543. The molecule has 1 saturated heterocycles. The molecule has 7 heteroatoms. The fourth-order valence-corrected chi connectivity index (χ4v) is 3.46. The third-order valence-electron chi connectivity index (χ3n) is 5.16. The zero-order valence-electron chi connectivity index (χ0n) is 17.4. The SMILES string of the molecule is CC(=O)N(CC(=O)Oc1ccc(C(=N)N2CCCC2)cc1)c1cccc(C(C)N)c1. The van der Waals surface area contributed by atoms with E-state index < -0.39 is 5.97 Å². The summed E-state index contributed by atoms with van der Waals surface area (Å²) in [4.78, 5) is 28.0. The van der Waals surface area contributed by atoms with Gasteiger partial charge in [-0.3, -0.25) is 10.2 Å². The van der Waals surface area contributed by atoms with Gasteiger partial charge in [0, 0.05) is 37.3 Å². The first-order chi connectivity index (χ1) is 14.3. The van der Waals surface area contributed by atoms with Gasteiger partial charge in [0.05, 0.1) is 0 Å². The molecule has 0 aliphatic carbocycles. The zero-order valence-corrected chi connectivity index (χ0v) is 17.4. The first-order valence-electron chi connectivity index (χ1n) is 10.1. The van der Waals surface area contributed by atoms with Crippen molar-refractivity contribution in [2.45, 2.75) is 32.7 Å². The monoisotopic (exact) mass is 408 g/mol. The van der Waals surface area contributed by atoms with Gasteiger partial charge in [0.1, 0.15) is 18.1 Å². The van der Waals surface area contributed by atoms with E-state index in [1.165, 1.54) is 11.8 Å². The summed E-state index contributed by atoms with van der Waals surface area (Å²) in [5.74, 6) is 0.0647. The van der Waals surface area contributed by atoms with Gasteiger partial charge in [-0.05, 0) is 61.7 Å². The van der Waals surface area contributed by atoms with Crippen LogP contribution in [0.3, 0.4) is 0 Å². The summed E-state index contributed by atoms with van der Waals surface area (Å²) >= 11 is 0. The lowest BCUT2D eigenvalue weighted by molar-refractivity contribution is -0.134. The van der Waals surface area contributed by atoms with Crippen LogP contribution in [0, 0.1) is 5.41 Å². The molecule has 1 amide bonds. The third-order valence-corrected chi connectivity index (χ3v) is 5.16. The summed E-state index contributed by atoms with van der Waals surface area (Å²) < 4.78 is 5.41. The van der Waals surface area contributed by atoms with Crippen LogP contribution < -0.4 is 15.4 Å². The minimum Gasteiger partial charge on any atom is -0.425 e. The molecule has 1 aliphatic rings. The first-order valence-corrected chi connectivity index (χ1v) is 10.1. The van der Waals surface area contributed by atoms with Crippen molar-refractivity contribution in [3.8, 4) is 5.75 Å². The number of likely N-dealkylation sites (tertiary alicyclic amines) is 1. The topological polar surface area (TPSA) is 99.7 Å². The highest BCUT2D eigenvalue weighted by molar-refractivity contribution is 5.97. The molecule has 3 rings (SSSR count). The second-order valence-electron chi connectivity index (χ2n) is 7.53. The lowest BCUT2D eigenvalue weighted by Gasteiger charge is -2.21. The quantitative estimate of drug-likeness (QED) is 0.331. The highest BCUT2D eigenvalue weighted by Gasteiger charge is 2.19. The Balaban J connectivity index is 1.65. The van der Waals surface area contributed by atoms with Crippen molar-refractivity contribution < 1.29 is 14.3 Å². The van der Waals surface area contributed by atoms with E-state index in [2.05, 4.69) is 0 Å². The molecule has 0 saturated carbocycles. The predicted molar refractivity (Wildman–Crippen MR) is 117 cm³/mol. The van der Waals surface area contributed by atoms with Gasteiger partial charge in [-0.25, -0.2) is 4.79 Å². The number of anilines is 1. The van der Waals surface area contributed by atoms with Crippen molar-refractivity contribution in [3.63, 3.8) is 0 Å². The van der Waals surface area contributed by atoms with Gasteiger partial charge in [0.15, 0.2) is 0 Å². The molecule has 0 bridgehead atoms. The maximum Gasteiger partial charge on any atom is 0.331 e. The number of carbonyl (C=O) groups excluding carboxylic acids is 2. The lowest BCUT2D eigenvalue weighted by atomic mass is 10.1. The van der Waals surface area contributed by atoms with Crippen LogP contribution in [0.4, 0.5) is 5.69 Å². The van der Waals surface area contributed by atoms with Crippen LogP contribution in [0.2, 0.25) is 0 Å². The Bertz CT molecular complexity index is 918. The highest BCUT2D eigenvalue weighted by Crippen LogP contribution is 2.21. The molecular weight excluding hydrogens is 380 g/mol. The maximum absolute atomic E-state index is 12.5. The van der Waals surface area contributed by atoms with Crippen LogP contribution in [0.25, 0.3) is 0 Å². The van der Waals surface area contributed by atoms with Crippen molar-refractivity contribution in [1.29, 1.82) is 5.41 Å². The number of amides is 1. The summed E-state index contributed by atoms with van der Waals surface area (Å²) in [5.41, 5.74) is 8.19. The van der Waals surface area contributed by atoms with Gasteiger partial charge >= 0.3 is 5.97 Å². The molecule has 30 heavy (non-hydrogen) atoms. The van der Waals surface area contributed by atoms with E-state index >= 15 is 0 Å². The van der Waals surface area contributed by atoms with Gasteiger partial charge in [0.2, 0.25) is 5.91 Å². The molecule has 1 atom stereocenters. The number of hydrogen-bond donors (Lipinski definition) is 2. The molecule has 2 aromatic carbocycles. The normalized spacial score (nSPS) is 14.3. The van der Waals surface area contributed by atoms with Crippen molar-refractivity contribution in [3.05, 3.63) is 59.7 Å². The number of nitrogens with one attached hydrogen (secondary N) is 1. The van der Waals surface area contributed by atoms with E-state index in [-0.39, 0.29) is 18.5 Å². The largest absolute Gasteiger partial charge is 0.425 e. The van der Waals surface area contributed by atoms with Crippen LogP contribution in [0.1, 0.15) is 43.9 Å². The minimum absolute atomic E-state index is 0.177. The van der Waals surface area contributed by atoms with Gasteiger partial charge in [0.25, 0.3) is 0 Å². The number of benzene rings is 2. The van der Waals surface area contributed by atoms with E-state index in [1.807, 2.05) is 24.0 Å². The molecular formula is C23H28N4O3. The van der Waals surface area contributed by atoms with Crippen LogP contribution in [-0.4, -0.2) is 42.2 Å². The number of hydrogen-bond acceptors (Lipinski definition) is 5. The Hall–Kier alpha value is -3.19. The Morgan fingerprint density at radius 1 is 1.17 bits per heavy atom. The Morgan fingerprint density at radius 3 is 2.43 bits per heavy atom. The summed E-state index contributed by atoms with van der Waals surface area (Å²) in [6, 6.07) is 14.0. The van der Waals surface area contributed by atoms with Crippen molar-refractivity contribution in [1.82, 2.24) is 4.90 Å². The predicted octanol–water partition coefficient (Wildman–Crippen LogP) is 3.09. The average molecular weight is 409 g/mol. The van der Waals surface area contributed by atoms with Gasteiger partial charge in [-0.1, -0.05) is 12.1 Å². The number of amidine groups is 1. The second-order valence-corrected chi connectivity index (χ2v) is 7.53. The molecule has 2 aromatic rings. The van der Waals surface area contributed by atoms with Gasteiger partial charge < -0.3 is 20.3 Å². The summed E-state index contributed by atoms with van der Waals surface area (Å²) in [7, 11) is 0. The van der Waals surface area contributed by atoms with Crippen LogP contribution in [-0.2, 0) is 9.59 Å². The molecule has 1 unspecified atom stereocenters. The molecule has 158 valence electrons. The van der Waals surface area contributed by atoms with E-state index in [0.717, 1.165) is 37.1 Å². The Kier molecular flexibility index (Phi) is 6.84. The standard InChI is InChI=1S/C23H28N4O3/c1-16(24)19-6-5-7-20(14-19)27(17(2)28)15-22(29)30-21-10-8-18(9-11-21)23(25)26-12-3-4-13-26/h5-11,14,16,25H,3-4,12-13,15,24H2,1-2H3. The Labute approximate surface area is 176 Å².